The molecule has 0 atom stereocenters. The van der Waals surface area contributed by atoms with Crippen molar-refractivity contribution >= 4 is 5.69 Å². The lowest BCUT2D eigenvalue weighted by atomic mass is 10.2. The first-order valence-corrected chi connectivity index (χ1v) is 6.03. The fourth-order valence-corrected chi connectivity index (χ4v) is 1.59. The van der Waals surface area contributed by atoms with Gasteiger partial charge in [-0.3, -0.25) is 4.98 Å². The topological polar surface area (TPSA) is 57.9 Å². The summed E-state index contributed by atoms with van der Waals surface area (Å²) in [4.78, 5) is 4.25. The van der Waals surface area contributed by atoms with E-state index in [1.165, 1.54) is 0 Å². The Kier molecular flexibility index (Phi) is 4.35. The number of aromatic nitrogens is 1. The van der Waals surface area contributed by atoms with E-state index in [1.54, 1.807) is 0 Å². The summed E-state index contributed by atoms with van der Waals surface area (Å²) in [7, 11) is 0. The number of ether oxygens (including phenoxy) is 1. The molecule has 4 heteroatoms. The van der Waals surface area contributed by atoms with Gasteiger partial charge in [-0.1, -0.05) is 6.07 Å². The average molecular weight is 253 g/mol. The molecule has 0 bridgehead atoms. The molecule has 1 aromatic heterocycles. The largest absolute Gasteiger partial charge is 0.479 e. The predicted molar refractivity (Wildman–Crippen MR) is 73.9 cm³/mol. The lowest BCUT2D eigenvalue weighted by Gasteiger charge is -2.07. The third-order valence-corrected chi connectivity index (χ3v) is 2.63. The first-order valence-electron chi connectivity index (χ1n) is 6.03. The van der Waals surface area contributed by atoms with Crippen molar-refractivity contribution in [2.24, 2.45) is 0 Å². The van der Waals surface area contributed by atoms with Crippen molar-refractivity contribution in [3.8, 4) is 11.8 Å². The standard InChI is InChI=1S/C15H15N3O/c1-12-2-3-13(10-17-12)11-18-14-4-6-15(7-5-14)19-9-8-16/h2-7,10,18H,9,11H2,1H3. The Morgan fingerprint density at radius 3 is 2.63 bits per heavy atom. The molecule has 2 aromatic rings. The maximum Gasteiger partial charge on any atom is 0.174 e. The van der Waals surface area contributed by atoms with E-state index in [2.05, 4.69) is 16.4 Å². The molecule has 1 N–H and O–H groups in total. The number of hydrogen-bond acceptors (Lipinski definition) is 4. The van der Waals surface area contributed by atoms with Gasteiger partial charge in [-0.25, -0.2) is 0 Å². The van der Waals surface area contributed by atoms with Crippen LogP contribution in [0.2, 0.25) is 0 Å². The minimum absolute atomic E-state index is 0.0712. The van der Waals surface area contributed by atoms with Gasteiger partial charge in [0.05, 0.1) is 0 Å². The highest BCUT2D eigenvalue weighted by molar-refractivity contribution is 5.46. The van der Waals surface area contributed by atoms with E-state index in [0.717, 1.165) is 23.5 Å². The van der Waals surface area contributed by atoms with Crippen LogP contribution in [0.25, 0.3) is 0 Å². The quantitative estimate of drug-likeness (QED) is 0.890. The summed E-state index contributed by atoms with van der Waals surface area (Å²) in [5.41, 5.74) is 3.16. The Balaban J connectivity index is 1.89. The molecule has 0 fully saturated rings. The van der Waals surface area contributed by atoms with Crippen molar-refractivity contribution in [2.75, 3.05) is 11.9 Å². The molecule has 19 heavy (non-hydrogen) atoms. The summed E-state index contributed by atoms with van der Waals surface area (Å²) >= 11 is 0. The van der Waals surface area contributed by atoms with Gasteiger partial charge in [0.25, 0.3) is 0 Å². The van der Waals surface area contributed by atoms with Gasteiger partial charge in [0.15, 0.2) is 6.61 Å². The van der Waals surface area contributed by atoms with Gasteiger partial charge in [0.2, 0.25) is 0 Å². The van der Waals surface area contributed by atoms with Gasteiger partial charge in [-0.2, -0.15) is 5.26 Å². The third-order valence-electron chi connectivity index (χ3n) is 2.63. The normalized spacial score (nSPS) is 9.68. The molecule has 0 saturated heterocycles. The molecule has 0 radical (unpaired) electrons. The third kappa shape index (κ3) is 4.00. The minimum atomic E-state index is 0.0712. The summed E-state index contributed by atoms with van der Waals surface area (Å²) in [6.07, 6.45) is 1.87. The summed E-state index contributed by atoms with van der Waals surface area (Å²) in [5, 5.41) is 11.7. The second-order valence-electron chi connectivity index (χ2n) is 4.13. The molecule has 96 valence electrons. The van der Waals surface area contributed by atoms with E-state index in [4.69, 9.17) is 10.00 Å². The Labute approximate surface area is 112 Å². The highest BCUT2D eigenvalue weighted by Gasteiger charge is 1.96. The van der Waals surface area contributed by atoms with Crippen molar-refractivity contribution in [1.29, 1.82) is 5.26 Å². The van der Waals surface area contributed by atoms with Crippen LogP contribution in [0.1, 0.15) is 11.3 Å². The second-order valence-corrected chi connectivity index (χ2v) is 4.13. The van der Waals surface area contributed by atoms with Crippen molar-refractivity contribution in [3.05, 3.63) is 53.9 Å². The van der Waals surface area contributed by atoms with Gasteiger partial charge in [-0.15, -0.1) is 0 Å². The molecule has 2 rings (SSSR count). The Hall–Kier alpha value is -2.54. The molecule has 0 saturated carbocycles. The number of aryl methyl sites for hydroxylation is 1. The van der Waals surface area contributed by atoms with E-state index in [1.807, 2.05) is 49.5 Å². The molecule has 1 heterocycles. The number of pyridine rings is 1. The number of rotatable bonds is 5. The lowest BCUT2D eigenvalue weighted by molar-refractivity contribution is 0.368. The fraction of sp³-hybridized carbons (Fsp3) is 0.200. The summed E-state index contributed by atoms with van der Waals surface area (Å²) in [5.74, 6) is 0.698. The van der Waals surface area contributed by atoms with Crippen LogP contribution >= 0.6 is 0 Å². The van der Waals surface area contributed by atoms with Crippen LogP contribution < -0.4 is 10.1 Å². The highest BCUT2D eigenvalue weighted by atomic mass is 16.5. The predicted octanol–water partition coefficient (Wildman–Crippen LogP) is 2.90. The Morgan fingerprint density at radius 2 is 2.00 bits per heavy atom. The zero-order chi connectivity index (χ0) is 13.5. The van der Waals surface area contributed by atoms with Crippen molar-refractivity contribution in [2.45, 2.75) is 13.5 Å². The van der Waals surface area contributed by atoms with Crippen LogP contribution in [-0.4, -0.2) is 11.6 Å². The van der Waals surface area contributed by atoms with Gasteiger partial charge >= 0.3 is 0 Å². The molecule has 0 aliphatic carbocycles. The highest BCUT2D eigenvalue weighted by Crippen LogP contribution is 2.16. The van der Waals surface area contributed by atoms with E-state index in [9.17, 15) is 0 Å². The van der Waals surface area contributed by atoms with Crippen molar-refractivity contribution < 1.29 is 4.74 Å². The summed E-state index contributed by atoms with van der Waals surface area (Å²) < 4.78 is 5.19. The van der Waals surface area contributed by atoms with E-state index >= 15 is 0 Å². The van der Waals surface area contributed by atoms with E-state index < -0.39 is 0 Å². The van der Waals surface area contributed by atoms with Crippen LogP contribution in [0.3, 0.4) is 0 Å². The fourth-order valence-electron chi connectivity index (χ4n) is 1.59. The lowest BCUT2D eigenvalue weighted by Crippen LogP contribution is -2.00. The van der Waals surface area contributed by atoms with E-state index in [0.29, 0.717) is 5.75 Å². The molecule has 1 aromatic carbocycles. The van der Waals surface area contributed by atoms with Crippen LogP contribution in [0.5, 0.6) is 5.75 Å². The smallest absolute Gasteiger partial charge is 0.174 e. The SMILES string of the molecule is Cc1ccc(CNc2ccc(OCC#N)cc2)cn1. The van der Waals surface area contributed by atoms with Gasteiger partial charge in [-0.05, 0) is 42.8 Å². The molecule has 4 nitrogen and oxygen atoms in total. The Bertz CT molecular complexity index is 555. The molecule has 0 amide bonds. The number of benzene rings is 1. The van der Waals surface area contributed by atoms with Crippen molar-refractivity contribution in [1.82, 2.24) is 4.98 Å². The molecule has 0 aliphatic heterocycles. The monoisotopic (exact) mass is 253 g/mol. The molecule has 0 unspecified atom stereocenters. The minimum Gasteiger partial charge on any atom is -0.479 e. The number of hydrogen-bond donors (Lipinski definition) is 1. The zero-order valence-electron chi connectivity index (χ0n) is 10.8. The van der Waals surface area contributed by atoms with Gasteiger partial charge < -0.3 is 10.1 Å². The molecule has 0 aliphatic rings. The van der Waals surface area contributed by atoms with Gasteiger partial charge in [0, 0.05) is 24.1 Å². The Morgan fingerprint density at radius 1 is 1.21 bits per heavy atom. The maximum atomic E-state index is 8.42. The first-order chi connectivity index (χ1) is 9.28. The number of nitriles is 1. The average Bonchev–Trinajstić information content (AvgIpc) is 2.46. The molecular formula is C15H15N3O. The van der Waals surface area contributed by atoms with Gasteiger partial charge in [0.1, 0.15) is 11.8 Å². The number of nitrogens with zero attached hydrogens (tertiary/aromatic N) is 2. The van der Waals surface area contributed by atoms with E-state index in [-0.39, 0.29) is 6.61 Å². The summed E-state index contributed by atoms with van der Waals surface area (Å²) in [6.45, 7) is 2.77. The zero-order valence-corrected chi connectivity index (χ0v) is 10.8. The van der Waals surface area contributed by atoms with Crippen LogP contribution in [0.4, 0.5) is 5.69 Å². The number of nitrogens with one attached hydrogen (secondary N) is 1. The van der Waals surface area contributed by atoms with Crippen LogP contribution in [0, 0.1) is 18.3 Å². The number of anilines is 1. The van der Waals surface area contributed by atoms with Crippen LogP contribution in [0.15, 0.2) is 42.6 Å². The first kappa shape index (κ1) is 12.9. The summed E-state index contributed by atoms with van der Waals surface area (Å²) in [6, 6.07) is 13.5. The second kappa shape index (κ2) is 6.41. The van der Waals surface area contributed by atoms with Crippen molar-refractivity contribution in [3.63, 3.8) is 0 Å². The molecule has 0 spiro atoms. The van der Waals surface area contributed by atoms with Crippen LogP contribution in [-0.2, 0) is 6.54 Å². The molecular weight excluding hydrogens is 238 g/mol. The maximum absolute atomic E-state index is 8.42.